The summed E-state index contributed by atoms with van der Waals surface area (Å²) in [7, 11) is 0.478. The zero-order valence-corrected chi connectivity index (χ0v) is 24.6. The molecule has 0 aliphatic carbocycles. The fourth-order valence-electron chi connectivity index (χ4n) is 4.37. The summed E-state index contributed by atoms with van der Waals surface area (Å²) in [6.45, 7) is 18.0. The van der Waals surface area contributed by atoms with Crippen LogP contribution in [-0.4, -0.2) is 40.2 Å². The van der Waals surface area contributed by atoms with Gasteiger partial charge >= 0.3 is 184 Å². The van der Waals surface area contributed by atoms with E-state index in [9.17, 15) is 0 Å². The van der Waals surface area contributed by atoms with E-state index in [-0.39, 0.29) is 0 Å². The average molecular weight is 515 g/mol. The van der Waals surface area contributed by atoms with Crippen LogP contribution < -0.4 is 0 Å². The van der Waals surface area contributed by atoms with E-state index >= 15 is 0 Å². The van der Waals surface area contributed by atoms with Gasteiger partial charge in [-0.25, -0.2) is 0 Å². The number of ether oxygens (including phenoxy) is 1. The summed E-state index contributed by atoms with van der Waals surface area (Å²) < 4.78 is 12.2. The number of hydrogen-bond acceptors (Lipinski definition) is 1. The summed E-state index contributed by atoms with van der Waals surface area (Å²) in [6.07, 6.45) is 17.5. The van der Waals surface area contributed by atoms with Gasteiger partial charge in [0.25, 0.3) is 0 Å². The molecule has 0 aromatic carbocycles. The Kier molecular flexibility index (Phi) is 16.4. The van der Waals surface area contributed by atoms with Crippen LogP contribution in [0.4, 0.5) is 0 Å². The molecule has 28 heavy (non-hydrogen) atoms. The van der Waals surface area contributed by atoms with E-state index in [4.69, 9.17) is 4.74 Å². The standard InChI is InChI=1S/C13H25OSi.3C4H9.Sn/c1-6-7-8-10-13(15(3,4)5)11-9-12-14-2;3*1-3-4-2;/h9-10H,6-8,12H2,1-5H3;3*1,3-4H2,2H3;/b11-9?,13-10-;;;;. The number of rotatable bonds is 17. The maximum absolute atomic E-state index is 5.61. The van der Waals surface area contributed by atoms with Gasteiger partial charge in [0.2, 0.25) is 0 Å². The van der Waals surface area contributed by atoms with Crippen molar-refractivity contribution in [2.45, 2.75) is 118 Å². The van der Waals surface area contributed by atoms with Crippen molar-refractivity contribution in [3.63, 3.8) is 0 Å². The Morgan fingerprint density at radius 3 is 1.57 bits per heavy atom. The van der Waals surface area contributed by atoms with E-state index in [1.807, 2.05) is 15.9 Å². The predicted molar refractivity (Wildman–Crippen MR) is 136 cm³/mol. The second kappa shape index (κ2) is 16.2. The topological polar surface area (TPSA) is 9.23 Å². The molecule has 0 atom stereocenters. The number of allylic oxidation sites excluding steroid dienone is 3. The van der Waals surface area contributed by atoms with Crippen LogP contribution in [0.1, 0.15) is 85.5 Å². The quantitative estimate of drug-likeness (QED) is 0.107. The molecule has 0 N–H and O–H groups in total. The summed E-state index contributed by atoms with van der Waals surface area (Å²) in [4.78, 5) is 0. The van der Waals surface area contributed by atoms with E-state index in [1.165, 1.54) is 57.8 Å². The van der Waals surface area contributed by atoms with Crippen molar-refractivity contribution in [1.29, 1.82) is 0 Å². The van der Waals surface area contributed by atoms with Crippen LogP contribution in [0.2, 0.25) is 33.0 Å². The van der Waals surface area contributed by atoms with Gasteiger partial charge in [-0.3, -0.25) is 0 Å². The Hall–Kier alpha value is 0.456. The van der Waals surface area contributed by atoms with Gasteiger partial charge in [-0.15, -0.1) is 0 Å². The first kappa shape index (κ1) is 28.5. The van der Waals surface area contributed by atoms with Gasteiger partial charge in [0.15, 0.2) is 0 Å². The average Bonchev–Trinajstić information content (AvgIpc) is 2.66. The third kappa shape index (κ3) is 10.5. The molecule has 0 unspecified atom stereocenters. The molecule has 0 heterocycles. The molecule has 0 aliphatic heterocycles. The summed E-state index contributed by atoms with van der Waals surface area (Å²) in [5, 5.41) is 1.82. The summed E-state index contributed by atoms with van der Waals surface area (Å²) in [6, 6.07) is 0. The van der Waals surface area contributed by atoms with Crippen molar-refractivity contribution in [1.82, 2.24) is 0 Å². The van der Waals surface area contributed by atoms with Crippen LogP contribution >= 0.6 is 0 Å². The molecule has 0 radical (unpaired) electrons. The minimum atomic E-state index is -2.46. The molecule has 3 heteroatoms. The SMILES string of the molecule is CCCC/C=C(/[C](=C/COC)[Sn]([CH2]CCC)([CH2]CCC)[CH2]CCC)[Si](C)(C)C. The van der Waals surface area contributed by atoms with E-state index in [0.717, 1.165) is 6.61 Å². The van der Waals surface area contributed by atoms with Gasteiger partial charge in [0, 0.05) is 0 Å². The fourth-order valence-corrected chi connectivity index (χ4v) is 27.7. The number of unbranched alkanes of at least 4 members (excludes halogenated alkanes) is 5. The molecule has 0 saturated carbocycles. The maximum atomic E-state index is 5.61. The van der Waals surface area contributed by atoms with Gasteiger partial charge in [-0.1, -0.05) is 0 Å². The first-order valence-corrected chi connectivity index (χ1v) is 23.2. The Balaban J connectivity index is 6.36. The molecule has 0 fully saturated rings. The molecule has 0 aromatic heterocycles. The Morgan fingerprint density at radius 1 is 0.750 bits per heavy atom. The molecule has 0 aliphatic rings. The van der Waals surface area contributed by atoms with Crippen molar-refractivity contribution < 1.29 is 4.74 Å². The summed E-state index contributed by atoms with van der Waals surface area (Å²) in [5.74, 6) is 0. The number of methoxy groups -OCH3 is 1. The fraction of sp³-hybridized carbons (Fsp3) is 0.840. The van der Waals surface area contributed by atoms with E-state index in [1.54, 1.807) is 13.3 Å². The Labute approximate surface area is 183 Å². The minimum absolute atomic E-state index is 0.800. The predicted octanol–water partition coefficient (Wildman–Crippen LogP) is 8.94. The molecule has 0 bridgehead atoms. The summed E-state index contributed by atoms with van der Waals surface area (Å²) >= 11 is -2.46. The van der Waals surface area contributed by atoms with E-state index in [0.29, 0.717) is 0 Å². The van der Waals surface area contributed by atoms with E-state index < -0.39 is 26.5 Å². The van der Waals surface area contributed by atoms with Crippen LogP contribution in [-0.2, 0) is 4.74 Å². The second-order valence-corrected chi connectivity index (χ2v) is 27.8. The van der Waals surface area contributed by atoms with E-state index in [2.05, 4.69) is 59.5 Å². The zero-order chi connectivity index (χ0) is 21.5. The zero-order valence-electron chi connectivity index (χ0n) is 20.8. The van der Waals surface area contributed by atoms with Crippen LogP contribution in [0, 0.1) is 0 Å². The van der Waals surface area contributed by atoms with Gasteiger partial charge in [0.05, 0.1) is 0 Å². The Bertz CT molecular complexity index is 426. The second-order valence-electron chi connectivity index (χ2n) is 9.67. The van der Waals surface area contributed by atoms with Crippen LogP contribution in [0.25, 0.3) is 0 Å². The number of hydrogen-bond donors (Lipinski definition) is 0. The third-order valence-corrected chi connectivity index (χ3v) is 24.7. The molecule has 166 valence electrons. The van der Waals surface area contributed by atoms with Gasteiger partial charge in [0.1, 0.15) is 0 Å². The van der Waals surface area contributed by atoms with Gasteiger partial charge < -0.3 is 0 Å². The first-order valence-electron chi connectivity index (χ1n) is 12.2. The Morgan fingerprint density at radius 2 is 1.21 bits per heavy atom. The molecule has 1 nitrogen and oxygen atoms in total. The summed E-state index contributed by atoms with van der Waals surface area (Å²) in [5.41, 5.74) is 0. The first-order chi connectivity index (χ1) is 13.3. The normalized spacial score (nSPS) is 14.0. The van der Waals surface area contributed by atoms with Crippen molar-refractivity contribution in [3.8, 4) is 0 Å². The van der Waals surface area contributed by atoms with Gasteiger partial charge in [-0.2, -0.15) is 0 Å². The van der Waals surface area contributed by atoms with Crippen molar-refractivity contribution in [2.75, 3.05) is 13.7 Å². The van der Waals surface area contributed by atoms with Crippen molar-refractivity contribution in [2.24, 2.45) is 0 Å². The van der Waals surface area contributed by atoms with Gasteiger partial charge in [-0.05, 0) is 0 Å². The molecule has 0 amide bonds. The van der Waals surface area contributed by atoms with Crippen LogP contribution in [0.3, 0.4) is 0 Å². The molecule has 0 aromatic rings. The molecule has 0 spiro atoms. The molecule has 0 rings (SSSR count). The van der Waals surface area contributed by atoms with Crippen molar-refractivity contribution >= 4 is 26.5 Å². The molecular weight excluding hydrogens is 463 g/mol. The molecular formula is C25H52OSiSn. The van der Waals surface area contributed by atoms with Crippen LogP contribution in [0.5, 0.6) is 0 Å². The van der Waals surface area contributed by atoms with Crippen LogP contribution in [0.15, 0.2) is 20.9 Å². The molecule has 0 saturated heterocycles. The monoisotopic (exact) mass is 516 g/mol. The van der Waals surface area contributed by atoms with Crippen molar-refractivity contribution in [3.05, 3.63) is 20.9 Å². The third-order valence-electron chi connectivity index (χ3n) is 6.06.